The van der Waals surface area contributed by atoms with Gasteiger partial charge in [-0.05, 0) is 49.7 Å². The molecule has 0 N–H and O–H groups in total. The van der Waals surface area contributed by atoms with Gasteiger partial charge >= 0.3 is 0 Å². The van der Waals surface area contributed by atoms with E-state index in [4.69, 9.17) is 4.74 Å². The van der Waals surface area contributed by atoms with Gasteiger partial charge in [0.05, 0.1) is 12.6 Å². The molecule has 25 heavy (non-hydrogen) atoms. The zero-order chi connectivity index (χ0) is 18.1. The van der Waals surface area contributed by atoms with Crippen LogP contribution in [0.4, 0.5) is 0 Å². The van der Waals surface area contributed by atoms with E-state index in [1.54, 1.807) is 11.7 Å². The summed E-state index contributed by atoms with van der Waals surface area (Å²) in [6.45, 7) is 3.86. The maximum Gasteiger partial charge on any atom is 0.262 e. The molecular weight excluding hydrogens is 333 g/mol. The van der Waals surface area contributed by atoms with Gasteiger partial charge < -0.3 is 4.74 Å². The molecule has 1 unspecified atom stereocenters. The van der Waals surface area contributed by atoms with E-state index < -0.39 is 0 Å². The van der Waals surface area contributed by atoms with Gasteiger partial charge in [-0.3, -0.25) is 14.2 Å². The van der Waals surface area contributed by atoms with Crippen LogP contribution in [-0.2, 0) is 11.2 Å². The molecule has 1 atom stereocenters. The van der Waals surface area contributed by atoms with Crippen LogP contribution >= 0.6 is 9.24 Å². The highest BCUT2D eigenvalue weighted by molar-refractivity contribution is 7.40. The number of hydrogen-bond donors (Lipinski definition) is 0. The summed E-state index contributed by atoms with van der Waals surface area (Å²) < 4.78 is 6.99. The first kappa shape index (κ1) is 17.4. The molecule has 5 heteroatoms. The van der Waals surface area contributed by atoms with E-state index in [1.165, 1.54) is 0 Å². The lowest BCUT2D eigenvalue weighted by molar-refractivity contribution is -0.110. The zero-order valence-corrected chi connectivity index (χ0v) is 15.7. The molecule has 0 aliphatic rings. The quantitative estimate of drug-likeness (QED) is 0.669. The number of rotatable bonds is 4. The molecule has 3 rings (SSSR count). The zero-order valence-electron chi connectivity index (χ0n) is 14.5. The first-order chi connectivity index (χ1) is 11.9. The van der Waals surface area contributed by atoms with Crippen LogP contribution in [0.25, 0.3) is 10.9 Å². The van der Waals surface area contributed by atoms with Crippen LogP contribution in [-0.4, -0.2) is 23.1 Å². The van der Waals surface area contributed by atoms with Gasteiger partial charge in [-0.15, -0.1) is 0 Å². The Morgan fingerprint density at radius 1 is 1.08 bits per heavy atom. The molecule has 0 aliphatic carbocycles. The predicted molar refractivity (Wildman–Crippen MR) is 103 cm³/mol. The third-order valence-corrected chi connectivity index (χ3v) is 4.60. The van der Waals surface area contributed by atoms with Gasteiger partial charge in [-0.1, -0.05) is 26.9 Å². The third kappa shape index (κ3) is 3.22. The second-order valence-electron chi connectivity index (χ2n) is 6.10. The highest BCUT2D eigenvalue weighted by Gasteiger charge is 2.21. The Morgan fingerprint density at radius 2 is 1.76 bits per heavy atom. The number of carbonyl (C=O) groups is 2. The summed E-state index contributed by atoms with van der Waals surface area (Å²) in [4.78, 5) is 24.8. The number of carbonyl (C=O) groups excluding carboxylic acids is 2. The fraction of sp³-hybridized carbons (Fsp3) is 0.200. The molecule has 1 heterocycles. The molecule has 0 amide bonds. The van der Waals surface area contributed by atoms with Crippen LogP contribution in [0.15, 0.2) is 42.5 Å². The van der Waals surface area contributed by atoms with Crippen LogP contribution < -0.4 is 4.74 Å². The summed E-state index contributed by atoms with van der Waals surface area (Å²) in [5.41, 5.74) is 4.12. The van der Waals surface area contributed by atoms with Crippen LogP contribution in [0, 0.1) is 13.8 Å². The number of methoxy groups -OCH3 is 1. The molecule has 0 saturated carbocycles. The van der Waals surface area contributed by atoms with Crippen LogP contribution in [0.3, 0.4) is 0 Å². The molecule has 4 nitrogen and oxygen atoms in total. The topological polar surface area (TPSA) is 48.3 Å². The molecule has 2 aromatic carbocycles. The first-order valence-corrected chi connectivity index (χ1v) is 8.57. The van der Waals surface area contributed by atoms with E-state index in [-0.39, 0.29) is 17.9 Å². The van der Waals surface area contributed by atoms with Gasteiger partial charge in [0.15, 0.2) is 5.52 Å². The standard InChI is InChI=1S/C20H20NO3P/c1-12-4-6-14(7-5-12)20(23)21-13(2)16(11-19(22)25)17-10-15(24-3)8-9-18(17)21/h4-10H,11,25H2,1-3H3. The molecule has 128 valence electrons. The molecule has 0 saturated heterocycles. The fourth-order valence-electron chi connectivity index (χ4n) is 3.07. The van der Waals surface area contributed by atoms with Gasteiger partial charge in [0.25, 0.3) is 5.91 Å². The molecular formula is C20H20NO3P. The number of hydrogen-bond acceptors (Lipinski definition) is 3. The Balaban J connectivity index is 2.23. The van der Waals surface area contributed by atoms with Crippen LogP contribution in [0.1, 0.15) is 27.2 Å². The van der Waals surface area contributed by atoms with Crippen molar-refractivity contribution < 1.29 is 14.3 Å². The van der Waals surface area contributed by atoms with Crippen LogP contribution in [0.2, 0.25) is 0 Å². The molecule has 1 aromatic heterocycles. The maximum atomic E-state index is 13.1. The number of ether oxygens (including phenoxy) is 1. The van der Waals surface area contributed by atoms with E-state index in [1.807, 2.05) is 56.3 Å². The van der Waals surface area contributed by atoms with Crippen molar-refractivity contribution in [1.29, 1.82) is 0 Å². The highest BCUT2D eigenvalue weighted by atomic mass is 31.0. The van der Waals surface area contributed by atoms with E-state index in [2.05, 4.69) is 9.24 Å². The lowest BCUT2D eigenvalue weighted by Gasteiger charge is -2.08. The van der Waals surface area contributed by atoms with Crippen molar-refractivity contribution in [2.75, 3.05) is 7.11 Å². The Hall–Kier alpha value is -2.45. The van der Waals surface area contributed by atoms with E-state index in [0.717, 1.165) is 27.7 Å². The van der Waals surface area contributed by atoms with E-state index in [0.29, 0.717) is 11.3 Å². The number of aryl methyl sites for hydroxylation is 1. The molecule has 0 fully saturated rings. The predicted octanol–water partition coefficient (Wildman–Crippen LogP) is 3.90. The SMILES string of the molecule is COc1ccc2c(c1)c(CC(=O)P)c(C)n2C(=O)c1ccc(C)cc1. The van der Waals surface area contributed by atoms with Crippen molar-refractivity contribution in [2.24, 2.45) is 0 Å². The summed E-state index contributed by atoms with van der Waals surface area (Å²) in [5, 5.41) is 0.869. The average molecular weight is 353 g/mol. The second kappa shape index (κ2) is 6.81. The minimum Gasteiger partial charge on any atom is -0.497 e. The van der Waals surface area contributed by atoms with Gasteiger partial charge in [-0.2, -0.15) is 0 Å². The normalized spacial score (nSPS) is 10.9. The minimum absolute atomic E-state index is 0.0206. The number of benzene rings is 2. The monoisotopic (exact) mass is 353 g/mol. The van der Waals surface area contributed by atoms with Gasteiger partial charge in [0.2, 0.25) is 0 Å². The van der Waals surface area contributed by atoms with Crippen molar-refractivity contribution in [2.45, 2.75) is 20.3 Å². The first-order valence-electron chi connectivity index (χ1n) is 8.00. The van der Waals surface area contributed by atoms with Gasteiger partial charge in [0.1, 0.15) is 5.75 Å². The molecule has 3 aromatic rings. The van der Waals surface area contributed by atoms with Gasteiger partial charge in [0, 0.05) is 23.1 Å². The Kier molecular flexibility index (Phi) is 4.73. The summed E-state index contributed by atoms with van der Waals surface area (Å²) in [6.07, 6.45) is 0.258. The Morgan fingerprint density at radius 3 is 2.36 bits per heavy atom. The smallest absolute Gasteiger partial charge is 0.262 e. The summed E-state index contributed by atoms with van der Waals surface area (Å²) in [6, 6.07) is 13.1. The lowest BCUT2D eigenvalue weighted by atomic mass is 10.1. The lowest BCUT2D eigenvalue weighted by Crippen LogP contribution is -2.14. The average Bonchev–Trinajstić information content (AvgIpc) is 2.86. The molecule has 0 spiro atoms. The summed E-state index contributed by atoms with van der Waals surface area (Å²) in [5.74, 6) is 0.597. The molecule has 0 radical (unpaired) electrons. The van der Waals surface area contributed by atoms with Crippen molar-refractivity contribution in [3.05, 3.63) is 64.8 Å². The highest BCUT2D eigenvalue weighted by Crippen LogP contribution is 2.31. The maximum absolute atomic E-state index is 13.1. The van der Waals surface area contributed by atoms with Gasteiger partial charge in [-0.25, -0.2) is 0 Å². The van der Waals surface area contributed by atoms with Crippen LogP contribution in [0.5, 0.6) is 5.75 Å². The summed E-state index contributed by atoms with van der Waals surface area (Å²) in [7, 11) is 3.80. The Bertz CT molecular complexity index is 971. The summed E-state index contributed by atoms with van der Waals surface area (Å²) >= 11 is 0. The Labute approximate surface area is 149 Å². The van der Waals surface area contributed by atoms with Crippen molar-refractivity contribution in [1.82, 2.24) is 4.57 Å². The fourth-order valence-corrected chi connectivity index (χ4v) is 3.28. The largest absolute Gasteiger partial charge is 0.497 e. The minimum atomic E-state index is -0.102. The molecule has 0 aliphatic heterocycles. The van der Waals surface area contributed by atoms with Crippen molar-refractivity contribution >= 4 is 31.6 Å². The van der Waals surface area contributed by atoms with Crippen molar-refractivity contribution in [3.63, 3.8) is 0 Å². The van der Waals surface area contributed by atoms with Crippen molar-refractivity contribution in [3.8, 4) is 5.75 Å². The number of fused-ring (bicyclic) bond motifs is 1. The molecule has 0 bridgehead atoms. The second-order valence-corrected chi connectivity index (χ2v) is 6.74. The third-order valence-electron chi connectivity index (χ3n) is 4.39. The number of nitrogens with zero attached hydrogens (tertiary/aromatic N) is 1. The number of aromatic nitrogens is 1. The van der Waals surface area contributed by atoms with E-state index >= 15 is 0 Å². The van der Waals surface area contributed by atoms with E-state index in [9.17, 15) is 9.59 Å².